The monoisotopic (exact) mass is 732 g/mol. The van der Waals surface area contributed by atoms with Crippen molar-refractivity contribution in [2.24, 2.45) is 0 Å². The van der Waals surface area contributed by atoms with Crippen molar-refractivity contribution in [1.29, 1.82) is 0 Å². The number of ether oxygens (including phenoxy) is 5. The first kappa shape index (κ1) is 40.5. The highest BCUT2D eigenvalue weighted by Crippen LogP contribution is 2.47. The van der Waals surface area contributed by atoms with Gasteiger partial charge in [-0.2, -0.15) is 0 Å². The Morgan fingerprint density at radius 2 is 1.58 bits per heavy atom. The zero-order valence-corrected chi connectivity index (χ0v) is 31.7. The van der Waals surface area contributed by atoms with Crippen molar-refractivity contribution in [2.75, 3.05) is 49.1 Å². The number of hydrogen-bond acceptors (Lipinski definition) is 11. The van der Waals surface area contributed by atoms with Crippen molar-refractivity contribution in [3.63, 3.8) is 0 Å². The predicted molar refractivity (Wildman–Crippen MR) is 201 cm³/mol. The van der Waals surface area contributed by atoms with E-state index in [0.29, 0.717) is 67.1 Å². The van der Waals surface area contributed by atoms with Crippen LogP contribution in [0.15, 0.2) is 48.5 Å². The van der Waals surface area contributed by atoms with E-state index in [1.54, 1.807) is 38.3 Å². The van der Waals surface area contributed by atoms with Crippen molar-refractivity contribution in [3.8, 4) is 34.5 Å². The minimum atomic E-state index is -0.999. The summed E-state index contributed by atoms with van der Waals surface area (Å²) in [5.74, 6) is -1.23. The van der Waals surface area contributed by atoms with Crippen LogP contribution in [0.5, 0.6) is 34.5 Å². The third-order valence-electron chi connectivity index (χ3n) is 9.50. The number of phenolic OH excluding ortho intramolecular Hbond substituents is 2. The quantitative estimate of drug-likeness (QED) is 0.174. The number of cyclic esters (lactones) is 1. The number of benzene rings is 3. The molecule has 0 saturated carbocycles. The molecule has 0 radical (unpaired) electrons. The first-order valence-corrected chi connectivity index (χ1v) is 17.8. The van der Waals surface area contributed by atoms with Gasteiger partial charge >= 0.3 is 5.97 Å². The first-order valence-electron chi connectivity index (χ1n) is 17.8. The van der Waals surface area contributed by atoms with E-state index < -0.39 is 23.7 Å². The van der Waals surface area contributed by atoms with Crippen LogP contribution in [-0.2, 0) is 14.3 Å². The van der Waals surface area contributed by atoms with E-state index >= 15 is 0 Å². The smallest absolute Gasteiger partial charge is 0.342 e. The number of rotatable bonds is 12. The molecule has 3 aromatic rings. The molecule has 1 aliphatic heterocycles. The third kappa shape index (κ3) is 10.2. The number of ketones is 1. The summed E-state index contributed by atoms with van der Waals surface area (Å²) in [4.78, 5) is 42.0. The van der Waals surface area contributed by atoms with E-state index in [1.165, 1.54) is 27.4 Å². The van der Waals surface area contributed by atoms with Gasteiger partial charge in [-0.25, -0.2) is 4.79 Å². The maximum Gasteiger partial charge on any atom is 0.342 e. The minimum Gasteiger partial charge on any atom is -0.507 e. The lowest BCUT2D eigenvalue weighted by Gasteiger charge is -2.27. The van der Waals surface area contributed by atoms with Crippen LogP contribution in [-0.4, -0.2) is 88.0 Å². The number of hydrogen-bond donors (Lipinski definition) is 3. The summed E-state index contributed by atoms with van der Waals surface area (Å²) in [6, 6.07) is 12.1. The summed E-state index contributed by atoms with van der Waals surface area (Å²) in [7, 11) is 9.82. The highest BCUT2D eigenvalue weighted by atomic mass is 16.5. The average Bonchev–Trinajstić information content (AvgIpc) is 3.13. The number of carbonyl (C=O) groups excluding carboxylic acids is 3. The molecule has 0 saturated heterocycles. The number of likely N-dealkylation sites (N-methyl/N-ethyl adjacent to an activating group) is 1. The van der Waals surface area contributed by atoms with Gasteiger partial charge in [0.1, 0.15) is 28.6 Å². The number of nitrogens with one attached hydrogen (secondary N) is 1. The van der Waals surface area contributed by atoms with Gasteiger partial charge in [0.15, 0.2) is 11.5 Å². The first-order chi connectivity index (χ1) is 25.4. The largest absolute Gasteiger partial charge is 0.507 e. The second kappa shape index (κ2) is 19.0. The van der Waals surface area contributed by atoms with Gasteiger partial charge in [0.25, 0.3) is 0 Å². The summed E-state index contributed by atoms with van der Waals surface area (Å²) in [6.45, 7) is 1.99. The molecule has 0 bridgehead atoms. The van der Waals surface area contributed by atoms with Crippen molar-refractivity contribution in [3.05, 3.63) is 76.4 Å². The Kier molecular flexibility index (Phi) is 14.5. The maximum atomic E-state index is 13.9. The average molecular weight is 733 g/mol. The molecule has 12 nitrogen and oxygen atoms in total. The molecule has 53 heavy (non-hydrogen) atoms. The van der Waals surface area contributed by atoms with E-state index in [9.17, 15) is 24.6 Å². The molecule has 286 valence electrons. The van der Waals surface area contributed by atoms with Crippen molar-refractivity contribution >= 4 is 23.7 Å². The van der Waals surface area contributed by atoms with E-state index in [1.807, 2.05) is 43.3 Å². The molecular weight excluding hydrogens is 680 g/mol. The van der Waals surface area contributed by atoms with Crippen LogP contribution < -0.4 is 24.3 Å². The van der Waals surface area contributed by atoms with E-state index in [-0.39, 0.29) is 53.1 Å². The Bertz CT molecular complexity index is 1740. The summed E-state index contributed by atoms with van der Waals surface area (Å²) in [5, 5.41) is 26.7. The minimum absolute atomic E-state index is 0.0443. The van der Waals surface area contributed by atoms with Crippen LogP contribution in [0.3, 0.4) is 0 Å². The third-order valence-corrected chi connectivity index (χ3v) is 9.50. The molecule has 0 aromatic heterocycles. The normalized spacial score (nSPS) is 16.5. The standard InChI is InChI=1S/C41H52N2O10/c1-25-12-11-15-29(44)14-10-8-9-13-27-20-33(45)38(39(47)37(27)41(48)53-25)31(28-21-34(50-5)40(52-7)35(22-28)51-6)23-36(46)42-24-32(43(2)3)26-16-18-30(49-4)19-17-26/h9,13,16-22,25,31-32,45,47H,8,10-12,14-15,23-24H2,1-7H3,(H,42,46). The summed E-state index contributed by atoms with van der Waals surface area (Å²) in [6.07, 6.45) is 5.69. The van der Waals surface area contributed by atoms with Crippen molar-refractivity contribution < 1.29 is 48.3 Å². The van der Waals surface area contributed by atoms with Gasteiger partial charge in [-0.05, 0) is 93.7 Å². The zero-order chi connectivity index (χ0) is 38.7. The number of phenols is 2. The molecule has 0 aliphatic carbocycles. The molecule has 1 amide bonds. The fourth-order valence-corrected chi connectivity index (χ4v) is 6.60. The van der Waals surface area contributed by atoms with Gasteiger partial charge in [0.2, 0.25) is 11.7 Å². The second-order valence-electron chi connectivity index (χ2n) is 13.3. The van der Waals surface area contributed by atoms with Gasteiger partial charge in [0, 0.05) is 37.3 Å². The Balaban J connectivity index is 1.81. The lowest BCUT2D eigenvalue weighted by Crippen LogP contribution is -2.35. The molecule has 12 heteroatoms. The van der Waals surface area contributed by atoms with Crippen LogP contribution in [0.1, 0.15) is 96.4 Å². The van der Waals surface area contributed by atoms with Gasteiger partial charge in [-0.3, -0.25) is 9.59 Å². The van der Waals surface area contributed by atoms with E-state index in [2.05, 4.69) is 5.32 Å². The molecule has 3 unspecified atom stereocenters. The number of fused-ring (bicyclic) bond motifs is 1. The molecule has 3 aromatic carbocycles. The Hall–Kier alpha value is -5.23. The number of amides is 1. The number of Topliss-reactive ketones (excluding diaryl/α,β-unsaturated/α-hetero) is 1. The molecule has 3 atom stereocenters. The lowest BCUT2D eigenvalue weighted by atomic mass is 9.84. The number of esters is 1. The Morgan fingerprint density at radius 1 is 0.925 bits per heavy atom. The predicted octanol–water partition coefficient (Wildman–Crippen LogP) is 6.56. The van der Waals surface area contributed by atoms with Gasteiger partial charge in [-0.15, -0.1) is 0 Å². The number of methoxy groups -OCH3 is 4. The Morgan fingerprint density at radius 3 is 2.19 bits per heavy atom. The highest BCUT2D eigenvalue weighted by molar-refractivity contribution is 5.98. The van der Waals surface area contributed by atoms with Crippen molar-refractivity contribution in [1.82, 2.24) is 10.2 Å². The molecule has 4 rings (SSSR count). The fraction of sp³-hybridized carbons (Fsp3) is 0.439. The van der Waals surface area contributed by atoms with Crippen LogP contribution in [0.2, 0.25) is 0 Å². The summed E-state index contributed by atoms with van der Waals surface area (Å²) in [5.41, 5.74) is 1.47. The lowest BCUT2D eigenvalue weighted by molar-refractivity contribution is -0.121. The molecule has 0 spiro atoms. The molecule has 1 aliphatic rings. The summed E-state index contributed by atoms with van der Waals surface area (Å²) >= 11 is 0. The van der Waals surface area contributed by atoms with Crippen molar-refractivity contribution in [2.45, 2.75) is 69.9 Å². The number of carbonyl (C=O) groups is 3. The van der Waals surface area contributed by atoms with Gasteiger partial charge < -0.3 is 44.1 Å². The van der Waals surface area contributed by atoms with E-state index in [4.69, 9.17) is 23.7 Å². The Labute approximate surface area is 311 Å². The molecule has 3 N–H and O–H groups in total. The van der Waals surface area contributed by atoms with Gasteiger partial charge in [-0.1, -0.05) is 24.3 Å². The maximum absolute atomic E-state index is 13.9. The van der Waals surface area contributed by atoms with E-state index in [0.717, 1.165) is 5.56 Å². The van der Waals surface area contributed by atoms with Crippen LogP contribution >= 0.6 is 0 Å². The number of allylic oxidation sites excluding steroid dienone is 1. The molecule has 0 fully saturated rings. The summed E-state index contributed by atoms with van der Waals surface area (Å²) < 4.78 is 27.8. The SMILES string of the molecule is COc1ccc(C(CNC(=O)CC(c2cc(OC)c(OC)c(OC)c2)c2c(O)cc3c(c2O)C(=O)OC(C)CCCC(=O)CCCC=C3)N(C)C)cc1. The van der Waals surface area contributed by atoms with Gasteiger partial charge in [0.05, 0.1) is 40.6 Å². The molecular formula is C41H52N2O10. The van der Waals surface area contributed by atoms with Crippen LogP contribution in [0, 0.1) is 0 Å². The second-order valence-corrected chi connectivity index (χ2v) is 13.3. The fourth-order valence-electron chi connectivity index (χ4n) is 6.60. The highest BCUT2D eigenvalue weighted by Gasteiger charge is 2.32. The topological polar surface area (TPSA) is 153 Å². The number of aromatic hydroxyl groups is 2. The van der Waals surface area contributed by atoms with Crippen LogP contribution in [0.4, 0.5) is 0 Å². The zero-order valence-electron chi connectivity index (χ0n) is 31.7. The van der Waals surface area contributed by atoms with Crippen LogP contribution in [0.25, 0.3) is 6.08 Å². The molecule has 1 heterocycles. The number of nitrogens with zero attached hydrogens (tertiary/aromatic N) is 1.